The molecule has 0 aliphatic heterocycles. The molecule has 112 valence electrons. The lowest BCUT2D eigenvalue weighted by Gasteiger charge is -2.10. The molecule has 2 aromatic carbocycles. The van der Waals surface area contributed by atoms with Gasteiger partial charge < -0.3 is 5.73 Å². The zero-order valence-corrected chi connectivity index (χ0v) is 12.6. The maximum atomic E-state index is 13.7. The minimum absolute atomic E-state index is 0.282. The Kier molecular flexibility index (Phi) is 4.38. The lowest BCUT2D eigenvalue weighted by Crippen LogP contribution is -2.15. The second kappa shape index (κ2) is 5.90. The Morgan fingerprint density at radius 1 is 1.14 bits per heavy atom. The van der Waals surface area contributed by atoms with E-state index in [0.29, 0.717) is 6.07 Å². The number of nitrogens with two attached hydrogens (primary N) is 1. The third-order valence-corrected chi connectivity index (χ3v) is 4.78. The molecule has 0 atom stereocenters. The number of hydrogen-bond donors (Lipinski definition) is 2. The Hall–Kier alpha value is -1.80. The zero-order chi connectivity index (χ0) is 15.6. The van der Waals surface area contributed by atoms with Gasteiger partial charge in [0.05, 0.1) is 5.69 Å². The zero-order valence-electron chi connectivity index (χ0n) is 10.9. The monoisotopic (exact) mass is 330 g/mol. The predicted molar refractivity (Wildman–Crippen MR) is 79.8 cm³/mol. The summed E-state index contributed by atoms with van der Waals surface area (Å²) in [7, 11) is -4.19. The molecular formula is C13H12F2N2O2S2. The Bertz CT molecular complexity index is 780. The Labute approximate surface area is 125 Å². The number of nitrogen functional groups attached to an aromatic ring is 1. The van der Waals surface area contributed by atoms with Crippen molar-refractivity contribution in [3.63, 3.8) is 0 Å². The molecule has 0 spiro atoms. The summed E-state index contributed by atoms with van der Waals surface area (Å²) in [4.78, 5) is 0.144. The maximum absolute atomic E-state index is 13.7. The van der Waals surface area contributed by atoms with Crippen molar-refractivity contribution in [3.05, 3.63) is 48.0 Å². The highest BCUT2D eigenvalue weighted by Crippen LogP contribution is 2.25. The van der Waals surface area contributed by atoms with E-state index in [1.54, 1.807) is 18.2 Å². The molecule has 0 heterocycles. The molecule has 2 rings (SSSR count). The number of halogens is 2. The first-order valence-corrected chi connectivity index (χ1v) is 8.45. The fourth-order valence-electron chi connectivity index (χ4n) is 1.65. The number of benzene rings is 2. The third kappa shape index (κ3) is 3.45. The second-order valence-electron chi connectivity index (χ2n) is 4.14. The van der Waals surface area contributed by atoms with Crippen LogP contribution in [0.1, 0.15) is 0 Å². The molecule has 0 fully saturated rings. The molecule has 0 unspecified atom stereocenters. The molecule has 21 heavy (non-hydrogen) atoms. The molecule has 0 saturated carbocycles. The van der Waals surface area contributed by atoms with Gasteiger partial charge >= 0.3 is 0 Å². The van der Waals surface area contributed by atoms with Crippen molar-refractivity contribution in [1.82, 2.24) is 0 Å². The van der Waals surface area contributed by atoms with Crippen molar-refractivity contribution in [1.29, 1.82) is 0 Å². The van der Waals surface area contributed by atoms with Gasteiger partial charge in [0.2, 0.25) is 0 Å². The summed E-state index contributed by atoms with van der Waals surface area (Å²) < 4.78 is 53.3. The van der Waals surface area contributed by atoms with Gasteiger partial charge in [-0.2, -0.15) is 0 Å². The van der Waals surface area contributed by atoms with E-state index in [1.165, 1.54) is 17.8 Å². The summed E-state index contributed by atoms with van der Waals surface area (Å²) in [5.41, 5.74) is 5.13. The Morgan fingerprint density at radius 2 is 1.86 bits per heavy atom. The molecule has 0 amide bonds. The summed E-state index contributed by atoms with van der Waals surface area (Å²) >= 11 is 1.43. The van der Waals surface area contributed by atoms with Crippen LogP contribution in [0.5, 0.6) is 0 Å². The number of anilines is 2. The first kappa shape index (κ1) is 15.6. The maximum Gasteiger partial charge on any atom is 0.264 e. The van der Waals surface area contributed by atoms with Gasteiger partial charge in [-0.25, -0.2) is 17.2 Å². The van der Waals surface area contributed by atoms with Gasteiger partial charge in [-0.05, 0) is 30.5 Å². The smallest absolute Gasteiger partial charge is 0.264 e. The topological polar surface area (TPSA) is 72.2 Å². The first-order chi connectivity index (χ1) is 9.83. The number of rotatable bonds is 4. The van der Waals surface area contributed by atoms with Crippen molar-refractivity contribution in [3.8, 4) is 0 Å². The van der Waals surface area contributed by atoms with Crippen LogP contribution in [0.3, 0.4) is 0 Å². The van der Waals surface area contributed by atoms with Crippen LogP contribution in [0.4, 0.5) is 20.2 Å². The molecule has 0 aromatic heterocycles. The average Bonchev–Trinajstić information content (AvgIpc) is 2.42. The van der Waals surface area contributed by atoms with Gasteiger partial charge in [0.25, 0.3) is 10.0 Å². The number of hydrogen-bond acceptors (Lipinski definition) is 4. The van der Waals surface area contributed by atoms with Crippen molar-refractivity contribution in [2.75, 3.05) is 16.7 Å². The normalized spacial score (nSPS) is 11.4. The molecule has 0 radical (unpaired) electrons. The van der Waals surface area contributed by atoms with E-state index in [9.17, 15) is 17.2 Å². The van der Waals surface area contributed by atoms with Gasteiger partial charge in [0.15, 0.2) is 0 Å². The van der Waals surface area contributed by atoms with E-state index in [4.69, 9.17) is 5.73 Å². The highest BCUT2D eigenvalue weighted by molar-refractivity contribution is 7.98. The summed E-state index contributed by atoms with van der Waals surface area (Å²) in [6.45, 7) is 0. The molecule has 3 N–H and O–H groups in total. The molecule has 0 saturated heterocycles. The fraction of sp³-hybridized carbons (Fsp3) is 0.0769. The number of nitrogens with one attached hydrogen (secondary N) is 1. The molecule has 2 aromatic rings. The van der Waals surface area contributed by atoms with Gasteiger partial charge in [-0.3, -0.25) is 4.72 Å². The van der Waals surface area contributed by atoms with Gasteiger partial charge in [-0.1, -0.05) is 6.07 Å². The SMILES string of the molecule is CSc1cccc(NS(=O)(=O)c2cc(N)c(F)cc2F)c1. The molecule has 0 aliphatic rings. The summed E-state index contributed by atoms with van der Waals surface area (Å²) in [6, 6.07) is 7.81. The van der Waals surface area contributed by atoms with E-state index < -0.39 is 32.2 Å². The van der Waals surface area contributed by atoms with E-state index in [-0.39, 0.29) is 5.69 Å². The lowest BCUT2D eigenvalue weighted by atomic mass is 10.3. The highest BCUT2D eigenvalue weighted by atomic mass is 32.2. The molecule has 8 heteroatoms. The predicted octanol–water partition coefficient (Wildman–Crippen LogP) is 3.07. The van der Waals surface area contributed by atoms with E-state index in [0.717, 1.165) is 11.0 Å². The van der Waals surface area contributed by atoms with Crippen LogP contribution in [-0.4, -0.2) is 14.7 Å². The largest absolute Gasteiger partial charge is 0.396 e. The van der Waals surface area contributed by atoms with Crippen LogP contribution < -0.4 is 10.5 Å². The minimum Gasteiger partial charge on any atom is -0.396 e. The van der Waals surface area contributed by atoms with Crippen LogP contribution in [0.15, 0.2) is 46.2 Å². The second-order valence-corrected chi connectivity index (χ2v) is 6.67. The molecule has 0 bridgehead atoms. The van der Waals surface area contributed by atoms with Gasteiger partial charge in [0.1, 0.15) is 16.5 Å². The molecule has 4 nitrogen and oxygen atoms in total. The van der Waals surface area contributed by atoms with Crippen LogP contribution in [-0.2, 0) is 10.0 Å². The van der Waals surface area contributed by atoms with Crippen molar-refractivity contribution < 1.29 is 17.2 Å². The minimum atomic E-state index is -4.19. The number of thioether (sulfide) groups is 1. The van der Waals surface area contributed by atoms with Crippen LogP contribution >= 0.6 is 11.8 Å². The summed E-state index contributed by atoms with van der Waals surface area (Å²) in [5.74, 6) is -2.20. The van der Waals surface area contributed by atoms with Crippen LogP contribution in [0.25, 0.3) is 0 Å². The summed E-state index contributed by atoms with van der Waals surface area (Å²) in [5, 5.41) is 0. The van der Waals surface area contributed by atoms with Crippen LogP contribution in [0, 0.1) is 11.6 Å². The molecule has 0 aliphatic carbocycles. The average molecular weight is 330 g/mol. The van der Waals surface area contributed by atoms with Crippen molar-refractivity contribution in [2.45, 2.75) is 9.79 Å². The third-order valence-electron chi connectivity index (χ3n) is 2.66. The Morgan fingerprint density at radius 3 is 2.52 bits per heavy atom. The van der Waals surface area contributed by atoms with Crippen molar-refractivity contribution >= 4 is 33.2 Å². The fourth-order valence-corrected chi connectivity index (χ4v) is 3.25. The highest BCUT2D eigenvalue weighted by Gasteiger charge is 2.21. The summed E-state index contributed by atoms with van der Waals surface area (Å²) in [6.07, 6.45) is 1.84. The van der Waals surface area contributed by atoms with Gasteiger partial charge in [0, 0.05) is 16.6 Å². The van der Waals surface area contributed by atoms with E-state index >= 15 is 0 Å². The lowest BCUT2D eigenvalue weighted by molar-refractivity contribution is 0.553. The first-order valence-electron chi connectivity index (χ1n) is 5.75. The van der Waals surface area contributed by atoms with Crippen LogP contribution in [0.2, 0.25) is 0 Å². The molecular weight excluding hydrogens is 318 g/mol. The van der Waals surface area contributed by atoms with E-state index in [1.807, 2.05) is 6.26 Å². The van der Waals surface area contributed by atoms with Gasteiger partial charge in [-0.15, -0.1) is 11.8 Å². The van der Waals surface area contributed by atoms with E-state index in [2.05, 4.69) is 4.72 Å². The number of sulfonamides is 1. The standard InChI is InChI=1S/C13H12F2N2O2S2/c1-20-9-4-2-3-8(5-9)17-21(18,19)13-7-12(16)10(14)6-11(13)15/h2-7,17H,16H2,1H3. The Balaban J connectivity index is 2.40. The van der Waals surface area contributed by atoms with Crippen molar-refractivity contribution in [2.24, 2.45) is 0 Å². The quantitative estimate of drug-likeness (QED) is 0.667.